The number of nitrogens with zero attached hydrogens (tertiary/aromatic N) is 4. The molecule has 0 unspecified atom stereocenters. The van der Waals surface area contributed by atoms with Crippen molar-refractivity contribution in [3.05, 3.63) is 46.1 Å². The van der Waals surface area contributed by atoms with Gasteiger partial charge in [0.25, 0.3) is 5.91 Å². The number of halogens is 2. The van der Waals surface area contributed by atoms with Crippen molar-refractivity contribution in [1.29, 1.82) is 0 Å². The summed E-state index contributed by atoms with van der Waals surface area (Å²) in [7, 11) is 0. The second-order valence-electron chi connectivity index (χ2n) is 5.46. The van der Waals surface area contributed by atoms with Gasteiger partial charge in [0.2, 0.25) is 6.41 Å². The highest BCUT2D eigenvalue weighted by molar-refractivity contribution is 6.39. The quantitative estimate of drug-likeness (QED) is 0.824. The number of piperazine rings is 1. The molecule has 0 spiro atoms. The van der Waals surface area contributed by atoms with Crippen LogP contribution in [0.2, 0.25) is 10.0 Å². The molecule has 7 nitrogen and oxygen atoms in total. The lowest BCUT2D eigenvalue weighted by Crippen LogP contribution is -2.46. The minimum Gasteiger partial charge on any atom is -0.352 e. The predicted octanol–water partition coefficient (Wildman–Crippen LogP) is 2.31. The number of carbonyl (C=O) groups is 2. The van der Waals surface area contributed by atoms with E-state index >= 15 is 0 Å². The fourth-order valence-corrected chi connectivity index (χ4v) is 2.96. The largest absolute Gasteiger partial charge is 0.352 e. The summed E-state index contributed by atoms with van der Waals surface area (Å²) >= 11 is 12.1. The van der Waals surface area contributed by atoms with Crippen LogP contribution in [0.3, 0.4) is 0 Å². The molecule has 2 heterocycles. The average Bonchev–Trinajstić information content (AvgIpc) is 2.65. The first-order valence-corrected chi connectivity index (χ1v) is 8.37. The molecular formula is C16H15Cl2N5O2. The SMILES string of the molecule is O=CN1CCN(c2ccc(C(=O)Nc3c(Cl)cccc3Cl)nn2)CC1. The summed E-state index contributed by atoms with van der Waals surface area (Å²) in [5, 5.41) is 11.4. The Morgan fingerprint density at radius 2 is 1.72 bits per heavy atom. The smallest absolute Gasteiger partial charge is 0.276 e. The third-order valence-electron chi connectivity index (χ3n) is 3.87. The van der Waals surface area contributed by atoms with E-state index in [9.17, 15) is 9.59 Å². The minimum absolute atomic E-state index is 0.159. The fraction of sp³-hybridized carbons (Fsp3) is 0.250. The van der Waals surface area contributed by atoms with Crippen LogP contribution in [0.1, 0.15) is 10.5 Å². The number of hydrogen-bond acceptors (Lipinski definition) is 5. The molecule has 1 aliphatic rings. The van der Waals surface area contributed by atoms with Crippen molar-refractivity contribution in [2.75, 3.05) is 36.4 Å². The second-order valence-corrected chi connectivity index (χ2v) is 6.27. The molecule has 2 amide bonds. The summed E-state index contributed by atoms with van der Waals surface area (Å²) in [4.78, 5) is 26.8. The third kappa shape index (κ3) is 4.00. The van der Waals surface area contributed by atoms with Crippen molar-refractivity contribution in [2.45, 2.75) is 0 Å². The van der Waals surface area contributed by atoms with Crippen LogP contribution in [0.15, 0.2) is 30.3 Å². The summed E-state index contributed by atoms with van der Waals surface area (Å²) in [6.45, 7) is 2.62. The molecule has 1 fully saturated rings. The van der Waals surface area contributed by atoms with Gasteiger partial charge >= 0.3 is 0 Å². The topological polar surface area (TPSA) is 78.4 Å². The Morgan fingerprint density at radius 1 is 1.04 bits per heavy atom. The van der Waals surface area contributed by atoms with Gasteiger partial charge in [-0.2, -0.15) is 0 Å². The number of carbonyl (C=O) groups excluding carboxylic acids is 2. The van der Waals surface area contributed by atoms with Gasteiger partial charge in [-0.25, -0.2) is 0 Å². The Bertz CT molecular complexity index is 756. The minimum atomic E-state index is -0.445. The Morgan fingerprint density at radius 3 is 2.28 bits per heavy atom. The first-order valence-electron chi connectivity index (χ1n) is 7.62. The lowest BCUT2D eigenvalue weighted by Gasteiger charge is -2.32. The number of anilines is 2. The Balaban J connectivity index is 1.68. The van der Waals surface area contributed by atoms with E-state index in [-0.39, 0.29) is 5.69 Å². The molecule has 1 saturated heterocycles. The summed E-state index contributed by atoms with van der Waals surface area (Å²) in [5.41, 5.74) is 0.498. The number of amides is 2. The van der Waals surface area contributed by atoms with Crippen LogP contribution in [-0.4, -0.2) is 53.6 Å². The van der Waals surface area contributed by atoms with Crippen LogP contribution in [0.4, 0.5) is 11.5 Å². The van der Waals surface area contributed by atoms with Crippen LogP contribution >= 0.6 is 23.2 Å². The van der Waals surface area contributed by atoms with Gasteiger partial charge in [-0.1, -0.05) is 29.3 Å². The van der Waals surface area contributed by atoms with E-state index in [0.717, 1.165) is 6.41 Å². The number of benzene rings is 1. The van der Waals surface area contributed by atoms with E-state index in [1.165, 1.54) is 0 Å². The third-order valence-corrected chi connectivity index (χ3v) is 4.50. The molecule has 3 rings (SSSR count). The maximum atomic E-state index is 12.3. The van der Waals surface area contributed by atoms with E-state index < -0.39 is 5.91 Å². The van der Waals surface area contributed by atoms with Crippen molar-refractivity contribution in [1.82, 2.24) is 15.1 Å². The van der Waals surface area contributed by atoms with E-state index in [0.29, 0.717) is 47.7 Å². The molecule has 0 radical (unpaired) electrons. The predicted molar refractivity (Wildman–Crippen MR) is 96.3 cm³/mol. The average molecular weight is 380 g/mol. The number of rotatable bonds is 4. The first-order chi connectivity index (χ1) is 12.1. The lowest BCUT2D eigenvalue weighted by molar-refractivity contribution is -0.118. The highest BCUT2D eigenvalue weighted by atomic mass is 35.5. The first kappa shape index (κ1) is 17.4. The van der Waals surface area contributed by atoms with Gasteiger partial charge in [-0.05, 0) is 24.3 Å². The molecule has 9 heteroatoms. The Labute approximate surface area is 154 Å². The molecule has 0 atom stereocenters. The van der Waals surface area contributed by atoms with Gasteiger partial charge < -0.3 is 15.1 Å². The molecule has 1 aromatic carbocycles. The van der Waals surface area contributed by atoms with Crippen LogP contribution in [0, 0.1) is 0 Å². The molecular weight excluding hydrogens is 365 g/mol. The number of nitrogens with one attached hydrogen (secondary N) is 1. The molecule has 130 valence electrons. The summed E-state index contributed by atoms with van der Waals surface area (Å²) in [6, 6.07) is 8.29. The van der Waals surface area contributed by atoms with Crippen molar-refractivity contribution < 1.29 is 9.59 Å². The van der Waals surface area contributed by atoms with Crippen LogP contribution in [-0.2, 0) is 4.79 Å². The Kier molecular flexibility index (Phi) is 5.35. The zero-order chi connectivity index (χ0) is 17.8. The van der Waals surface area contributed by atoms with Crippen LogP contribution in [0.25, 0.3) is 0 Å². The van der Waals surface area contributed by atoms with Gasteiger partial charge in [0, 0.05) is 26.2 Å². The highest BCUT2D eigenvalue weighted by Gasteiger charge is 2.18. The molecule has 0 aliphatic carbocycles. The van der Waals surface area contributed by atoms with Crippen molar-refractivity contribution in [3.63, 3.8) is 0 Å². The standard InChI is InChI=1S/C16H15Cl2N5O2/c17-11-2-1-3-12(18)15(11)19-16(25)13-4-5-14(21-20-13)23-8-6-22(10-24)7-9-23/h1-5,10H,6-9H2,(H,19,25). The zero-order valence-electron chi connectivity index (χ0n) is 13.2. The molecule has 2 aromatic rings. The van der Waals surface area contributed by atoms with Gasteiger partial charge in [0.1, 0.15) is 0 Å². The maximum Gasteiger partial charge on any atom is 0.276 e. The molecule has 1 aliphatic heterocycles. The number of para-hydroxylation sites is 1. The van der Waals surface area contributed by atoms with Crippen molar-refractivity contribution >= 4 is 47.0 Å². The normalized spacial score (nSPS) is 14.3. The second kappa shape index (κ2) is 7.67. The maximum absolute atomic E-state index is 12.3. The van der Waals surface area contributed by atoms with Gasteiger partial charge in [-0.3, -0.25) is 9.59 Å². The molecule has 1 aromatic heterocycles. The van der Waals surface area contributed by atoms with Crippen molar-refractivity contribution in [2.24, 2.45) is 0 Å². The van der Waals surface area contributed by atoms with E-state index in [2.05, 4.69) is 15.5 Å². The fourth-order valence-electron chi connectivity index (χ4n) is 2.47. The van der Waals surface area contributed by atoms with E-state index in [1.807, 2.05) is 4.90 Å². The molecule has 0 saturated carbocycles. The van der Waals surface area contributed by atoms with E-state index in [1.54, 1.807) is 35.2 Å². The summed E-state index contributed by atoms with van der Waals surface area (Å²) in [6.07, 6.45) is 0.844. The van der Waals surface area contributed by atoms with Gasteiger partial charge in [0.15, 0.2) is 11.5 Å². The monoisotopic (exact) mass is 379 g/mol. The van der Waals surface area contributed by atoms with E-state index in [4.69, 9.17) is 23.2 Å². The molecule has 1 N–H and O–H groups in total. The number of hydrogen-bond donors (Lipinski definition) is 1. The molecule has 25 heavy (non-hydrogen) atoms. The summed E-state index contributed by atoms with van der Waals surface area (Å²) in [5.74, 6) is 0.220. The molecule has 0 bridgehead atoms. The van der Waals surface area contributed by atoms with Crippen molar-refractivity contribution in [3.8, 4) is 0 Å². The number of aromatic nitrogens is 2. The van der Waals surface area contributed by atoms with Crippen LogP contribution < -0.4 is 10.2 Å². The lowest BCUT2D eigenvalue weighted by atomic mass is 10.3. The van der Waals surface area contributed by atoms with Gasteiger partial charge in [-0.15, -0.1) is 10.2 Å². The van der Waals surface area contributed by atoms with Crippen LogP contribution in [0.5, 0.6) is 0 Å². The van der Waals surface area contributed by atoms with Gasteiger partial charge in [0.05, 0.1) is 15.7 Å². The Hall–Kier alpha value is -2.38. The summed E-state index contributed by atoms with van der Waals surface area (Å²) < 4.78 is 0. The highest BCUT2D eigenvalue weighted by Crippen LogP contribution is 2.30. The zero-order valence-corrected chi connectivity index (χ0v) is 14.7.